The Morgan fingerprint density at radius 1 is 1.00 bits per heavy atom. The van der Waals surface area contributed by atoms with Crippen LogP contribution < -0.4 is 4.74 Å². The van der Waals surface area contributed by atoms with Gasteiger partial charge in [0, 0.05) is 19.8 Å². The maximum absolute atomic E-state index is 11.6. The lowest BCUT2D eigenvalue weighted by atomic mass is 9.89. The molecule has 2 rings (SSSR count). The zero-order chi connectivity index (χ0) is 22.1. The van der Waals surface area contributed by atoms with Gasteiger partial charge in [0.25, 0.3) is 0 Å². The normalized spacial score (nSPS) is 26.1. The van der Waals surface area contributed by atoms with E-state index in [0.29, 0.717) is 19.6 Å². The van der Waals surface area contributed by atoms with Gasteiger partial charge < -0.3 is 28.4 Å². The topological polar surface area (TPSA) is 89.5 Å². The van der Waals surface area contributed by atoms with Crippen LogP contribution in [0.5, 0.6) is 5.75 Å². The summed E-state index contributed by atoms with van der Waals surface area (Å²) in [6.45, 7) is 7.50. The van der Waals surface area contributed by atoms with E-state index in [1.807, 2.05) is 38.1 Å². The van der Waals surface area contributed by atoms with Crippen LogP contribution in [0.15, 0.2) is 24.3 Å². The van der Waals surface area contributed by atoms with Crippen LogP contribution in [0.1, 0.15) is 39.7 Å². The van der Waals surface area contributed by atoms with Gasteiger partial charge in [-0.2, -0.15) is 0 Å². The van der Waals surface area contributed by atoms with Gasteiger partial charge in [0.05, 0.1) is 33.0 Å². The summed E-state index contributed by atoms with van der Waals surface area (Å²) >= 11 is 0. The van der Waals surface area contributed by atoms with Crippen molar-refractivity contribution in [3.8, 4) is 5.75 Å². The highest BCUT2D eigenvalue weighted by molar-refractivity contribution is 5.67. The number of carbonyl (C=O) groups is 2. The number of ether oxygens (including phenoxy) is 6. The number of rotatable bonds is 10. The summed E-state index contributed by atoms with van der Waals surface area (Å²) in [5, 5.41) is 0. The highest BCUT2D eigenvalue weighted by Crippen LogP contribution is 2.32. The van der Waals surface area contributed by atoms with Crippen LogP contribution in [0.4, 0.5) is 0 Å². The van der Waals surface area contributed by atoms with E-state index in [-0.39, 0.29) is 18.6 Å². The van der Waals surface area contributed by atoms with E-state index in [9.17, 15) is 9.59 Å². The molecule has 0 amide bonds. The van der Waals surface area contributed by atoms with Crippen molar-refractivity contribution < 1.29 is 38.0 Å². The molecule has 1 aliphatic heterocycles. The molecule has 0 bridgehead atoms. The first-order valence-corrected chi connectivity index (χ1v) is 10.2. The Kier molecular flexibility index (Phi) is 9.55. The largest absolute Gasteiger partial charge is 0.497 e. The van der Waals surface area contributed by atoms with Crippen molar-refractivity contribution in [2.45, 2.75) is 65.3 Å². The molecule has 0 aromatic heterocycles. The van der Waals surface area contributed by atoms with Crippen molar-refractivity contribution in [1.82, 2.24) is 0 Å². The molecule has 1 aromatic carbocycles. The Labute approximate surface area is 177 Å². The average molecular weight is 424 g/mol. The summed E-state index contributed by atoms with van der Waals surface area (Å²) in [5.41, 5.74) is 1.01. The van der Waals surface area contributed by atoms with E-state index in [0.717, 1.165) is 11.3 Å². The van der Waals surface area contributed by atoms with Gasteiger partial charge in [0.1, 0.15) is 11.9 Å². The minimum atomic E-state index is -0.844. The number of esters is 2. The maximum atomic E-state index is 11.6. The van der Waals surface area contributed by atoms with Gasteiger partial charge in [-0.15, -0.1) is 0 Å². The zero-order valence-electron chi connectivity index (χ0n) is 18.3. The minimum absolute atomic E-state index is 0.144. The number of carbonyl (C=O) groups excluding carboxylic acids is 2. The lowest BCUT2D eigenvalue weighted by molar-refractivity contribution is -0.292. The lowest BCUT2D eigenvalue weighted by Crippen LogP contribution is -2.57. The van der Waals surface area contributed by atoms with Crippen LogP contribution in [0, 0.1) is 5.92 Å². The first-order valence-electron chi connectivity index (χ1n) is 10.2. The van der Waals surface area contributed by atoms with Crippen LogP contribution in [0.25, 0.3) is 0 Å². The number of hydrogen-bond acceptors (Lipinski definition) is 8. The number of hydrogen-bond donors (Lipinski definition) is 0. The van der Waals surface area contributed by atoms with Crippen LogP contribution in [0.3, 0.4) is 0 Å². The number of benzene rings is 1. The third-order valence-corrected chi connectivity index (χ3v) is 4.95. The van der Waals surface area contributed by atoms with E-state index < -0.39 is 30.4 Å². The Morgan fingerprint density at radius 3 is 2.20 bits per heavy atom. The first kappa shape index (κ1) is 24.1. The standard InChI is InChI=1S/C22H32O8/c1-6-19-14(2)20(28-15(3)23)21(29-16(4)24)22(30-19)27-12-11-26-13-17-7-9-18(25-5)10-8-17/h7-10,14,19-22H,6,11-13H2,1-5H3/t14-,19-,20+,21-,22-/m1/s1. The summed E-state index contributed by atoms with van der Waals surface area (Å²) in [4.78, 5) is 23.2. The Hall–Kier alpha value is -2.16. The van der Waals surface area contributed by atoms with Gasteiger partial charge >= 0.3 is 11.9 Å². The predicted octanol–water partition coefficient (Wildman–Crippen LogP) is 2.86. The second-order valence-electron chi connectivity index (χ2n) is 7.23. The average Bonchev–Trinajstić information content (AvgIpc) is 2.71. The molecule has 0 spiro atoms. The van der Waals surface area contributed by atoms with E-state index in [1.165, 1.54) is 13.8 Å². The van der Waals surface area contributed by atoms with E-state index in [2.05, 4.69) is 0 Å². The van der Waals surface area contributed by atoms with Crippen LogP contribution in [0.2, 0.25) is 0 Å². The highest BCUT2D eigenvalue weighted by Gasteiger charge is 2.47. The minimum Gasteiger partial charge on any atom is -0.497 e. The smallest absolute Gasteiger partial charge is 0.303 e. The molecule has 1 heterocycles. The third kappa shape index (κ3) is 6.97. The molecule has 0 unspecified atom stereocenters. The fourth-order valence-electron chi connectivity index (χ4n) is 3.46. The Bertz CT molecular complexity index is 674. The van der Waals surface area contributed by atoms with E-state index in [4.69, 9.17) is 28.4 Å². The molecule has 0 aliphatic carbocycles. The zero-order valence-corrected chi connectivity index (χ0v) is 18.3. The maximum Gasteiger partial charge on any atom is 0.303 e. The van der Waals surface area contributed by atoms with Crippen LogP contribution >= 0.6 is 0 Å². The summed E-state index contributed by atoms with van der Waals surface area (Å²) < 4.78 is 33.5. The molecule has 1 aliphatic rings. The molecule has 30 heavy (non-hydrogen) atoms. The first-order chi connectivity index (χ1) is 14.3. The van der Waals surface area contributed by atoms with E-state index >= 15 is 0 Å². The summed E-state index contributed by atoms with van der Waals surface area (Å²) in [5.74, 6) is -0.293. The van der Waals surface area contributed by atoms with Crippen molar-refractivity contribution in [1.29, 1.82) is 0 Å². The second-order valence-corrected chi connectivity index (χ2v) is 7.23. The van der Waals surface area contributed by atoms with Crippen molar-refractivity contribution in [3.05, 3.63) is 29.8 Å². The second kappa shape index (κ2) is 11.9. The summed E-state index contributed by atoms with van der Waals surface area (Å²) in [6.07, 6.45) is -1.81. The molecule has 1 fully saturated rings. The quantitative estimate of drug-likeness (QED) is 0.418. The fourth-order valence-corrected chi connectivity index (χ4v) is 3.46. The van der Waals surface area contributed by atoms with Crippen molar-refractivity contribution in [2.24, 2.45) is 5.92 Å². The van der Waals surface area contributed by atoms with Gasteiger partial charge in [0.2, 0.25) is 0 Å². The summed E-state index contributed by atoms with van der Waals surface area (Å²) in [7, 11) is 1.62. The molecule has 1 saturated heterocycles. The van der Waals surface area contributed by atoms with E-state index in [1.54, 1.807) is 7.11 Å². The molecular formula is C22H32O8. The third-order valence-electron chi connectivity index (χ3n) is 4.95. The van der Waals surface area contributed by atoms with Crippen molar-refractivity contribution in [2.75, 3.05) is 20.3 Å². The van der Waals surface area contributed by atoms with Gasteiger partial charge in [-0.1, -0.05) is 26.0 Å². The SMILES string of the molecule is CC[C@H]1O[C@@H](OCCOCc2ccc(OC)cc2)[C@H](OC(C)=O)[C@@H](OC(C)=O)[C@@H]1C. The fraction of sp³-hybridized carbons (Fsp3) is 0.636. The monoisotopic (exact) mass is 424 g/mol. The molecule has 5 atom stereocenters. The molecule has 8 heteroatoms. The molecular weight excluding hydrogens is 392 g/mol. The van der Waals surface area contributed by atoms with Gasteiger partial charge in [-0.3, -0.25) is 9.59 Å². The number of methoxy groups -OCH3 is 1. The van der Waals surface area contributed by atoms with Gasteiger partial charge in [-0.05, 0) is 24.1 Å². The highest BCUT2D eigenvalue weighted by atomic mass is 16.7. The molecule has 0 N–H and O–H groups in total. The Morgan fingerprint density at radius 2 is 1.63 bits per heavy atom. The van der Waals surface area contributed by atoms with Gasteiger partial charge in [-0.25, -0.2) is 0 Å². The molecule has 8 nitrogen and oxygen atoms in total. The van der Waals surface area contributed by atoms with Crippen LogP contribution in [-0.2, 0) is 39.9 Å². The Balaban J connectivity index is 1.92. The lowest BCUT2D eigenvalue weighted by Gasteiger charge is -2.43. The van der Waals surface area contributed by atoms with Crippen molar-refractivity contribution >= 4 is 11.9 Å². The summed E-state index contributed by atoms with van der Waals surface area (Å²) in [6, 6.07) is 7.60. The van der Waals surface area contributed by atoms with Gasteiger partial charge in [0.15, 0.2) is 12.4 Å². The van der Waals surface area contributed by atoms with Crippen LogP contribution in [-0.4, -0.2) is 56.9 Å². The molecule has 0 radical (unpaired) electrons. The predicted molar refractivity (Wildman–Crippen MR) is 108 cm³/mol. The molecule has 0 saturated carbocycles. The van der Waals surface area contributed by atoms with Crippen molar-refractivity contribution in [3.63, 3.8) is 0 Å². The molecule has 168 valence electrons. The molecule has 1 aromatic rings.